The summed E-state index contributed by atoms with van der Waals surface area (Å²) in [5.74, 6) is -0.596. The number of hydrogen-bond acceptors (Lipinski definition) is 8. The van der Waals surface area contributed by atoms with E-state index in [1.807, 2.05) is 0 Å². The fraction of sp³-hybridized carbons (Fsp3) is 0.348. The second kappa shape index (κ2) is 11.2. The topological polar surface area (TPSA) is 109 Å². The van der Waals surface area contributed by atoms with Crippen molar-refractivity contribution in [1.82, 2.24) is 19.3 Å². The molecule has 0 bridgehead atoms. The highest BCUT2D eigenvalue weighted by atomic mass is 32.2. The third-order valence-corrected chi connectivity index (χ3v) is 7.42. The predicted molar refractivity (Wildman–Crippen MR) is 128 cm³/mol. The first-order valence-corrected chi connectivity index (χ1v) is 13.0. The molecule has 4 rings (SSSR count). The third kappa shape index (κ3) is 7.69. The number of benzene rings is 2. The summed E-state index contributed by atoms with van der Waals surface area (Å²) in [5, 5.41) is 5.28. The van der Waals surface area contributed by atoms with E-state index in [9.17, 15) is 34.8 Å². The average molecular weight is 577 g/mol. The molecule has 0 atom stereocenters. The van der Waals surface area contributed by atoms with Crippen LogP contribution in [0.4, 0.5) is 43.9 Å². The van der Waals surface area contributed by atoms with Gasteiger partial charge in [-0.2, -0.15) is 45.6 Å². The van der Waals surface area contributed by atoms with Crippen LogP contribution in [0, 0.1) is 0 Å². The van der Waals surface area contributed by atoms with Crippen LogP contribution in [0.3, 0.4) is 0 Å². The van der Waals surface area contributed by atoms with E-state index in [4.69, 9.17) is 0 Å². The van der Waals surface area contributed by atoms with E-state index >= 15 is 0 Å². The van der Waals surface area contributed by atoms with Gasteiger partial charge in [0.05, 0.1) is 10.5 Å². The van der Waals surface area contributed by atoms with Gasteiger partial charge in [-0.3, -0.25) is 0 Å². The second-order valence-corrected chi connectivity index (χ2v) is 10.4. The van der Waals surface area contributed by atoms with Crippen molar-refractivity contribution in [3.63, 3.8) is 0 Å². The number of rotatable bonds is 9. The summed E-state index contributed by atoms with van der Waals surface area (Å²) < 4.78 is 108. The van der Waals surface area contributed by atoms with Gasteiger partial charge in [-0.25, -0.2) is 8.42 Å². The summed E-state index contributed by atoms with van der Waals surface area (Å²) in [6, 6.07) is 9.34. The van der Waals surface area contributed by atoms with Crippen molar-refractivity contribution >= 4 is 27.6 Å². The van der Waals surface area contributed by atoms with Gasteiger partial charge < -0.3 is 15.4 Å². The lowest BCUT2D eigenvalue weighted by Gasteiger charge is -2.16. The first kappa shape index (κ1) is 28.4. The van der Waals surface area contributed by atoms with Gasteiger partial charge in [-0.05, 0) is 48.7 Å². The lowest BCUT2D eigenvalue weighted by molar-refractivity contribution is -0.154. The van der Waals surface area contributed by atoms with Crippen LogP contribution in [-0.2, 0) is 22.7 Å². The van der Waals surface area contributed by atoms with Gasteiger partial charge in [0, 0.05) is 25.3 Å². The minimum atomic E-state index is -4.69. The molecular weight excluding hydrogens is 554 g/mol. The van der Waals surface area contributed by atoms with Crippen molar-refractivity contribution in [2.45, 2.75) is 36.6 Å². The van der Waals surface area contributed by atoms with E-state index in [1.54, 1.807) is 12.1 Å². The monoisotopic (exact) mass is 576 g/mol. The minimum Gasteiger partial charge on any atom is -0.454 e. The van der Waals surface area contributed by atoms with E-state index < -0.39 is 40.6 Å². The van der Waals surface area contributed by atoms with E-state index in [0.717, 1.165) is 31.0 Å². The van der Waals surface area contributed by atoms with Gasteiger partial charge >= 0.3 is 18.4 Å². The Balaban J connectivity index is 1.51. The first-order chi connectivity index (χ1) is 18.3. The highest BCUT2D eigenvalue weighted by Gasteiger charge is 2.31. The first-order valence-electron chi connectivity index (χ1n) is 11.5. The largest absolute Gasteiger partial charge is 0.454 e. The van der Waals surface area contributed by atoms with Crippen molar-refractivity contribution < 1.29 is 39.5 Å². The Labute approximate surface area is 219 Å². The number of nitrogens with one attached hydrogen (secondary N) is 2. The Hall–Kier alpha value is -3.66. The molecule has 0 spiro atoms. The number of anilines is 3. The number of nitrogens with zero attached hydrogens (tertiary/aromatic N) is 4. The van der Waals surface area contributed by atoms with Crippen molar-refractivity contribution in [3.8, 4) is 6.01 Å². The molecule has 1 aliphatic rings. The maximum absolute atomic E-state index is 13.0. The summed E-state index contributed by atoms with van der Waals surface area (Å²) in [6.45, 7) is -0.747. The highest BCUT2D eigenvalue weighted by molar-refractivity contribution is 7.89. The number of halogens is 6. The molecule has 16 heteroatoms. The van der Waals surface area contributed by atoms with E-state index in [-0.39, 0.29) is 29.0 Å². The molecule has 9 nitrogen and oxygen atoms in total. The smallest absolute Gasteiger partial charge is 0.422 e. The molecule has 210 valence electrons. The van der Waals surface area contributed by atoms with Crippen LogP contribution in [0.15, 0.2) is 53.4 Å². The summed E-state index contributed by atoms with van der Waals surface area (Å²) in [5.41, 5.74) is -0.428. The van der Waals surface area contributed by atoms with E-state index in [1.165, 1.54) is 22.5 Å². The summed E-state index contributed by atoms with van der Waals surface area (Å²) in [7, 11) is -3.60. The highest BCUT2D eigenvalue weighted by Crippen LogP contribution is 2.31. The minimum absolute atomic E-state index is 0.0375. The van der Waals surface area contributed by atoms with Crippen LogP contribution in [0.1, 0.15) is 24.0 Å². The molecule has 0 saturated carbocycles. The normalized spacial score (nSPS) is 14.8. The van der Waals surface area contributed by atoms with Gasteiger partial charge in [0.1, 0.15) is 0 Å². The molecule has 0 radical (unpaired) electrons. The lowest BCUT2D eigenvalue weighted by atomic mass is 10.2. The van der Waals surface area contributed by atoms with Gasteiger partial charge in [0.2, 0.25) is 21.9 Å². The molecule has 2 N–H and O–H groups in total. The number of sulfonamides is 1. The number of alkyl halides is 6. The standard InChI is InChI=1S/C23H22F6N6O3S/c24-22(25,26)14-38-21-33-19(32-20(34-21)31-17-5-3-4-16(12-17)23(27,28)29)30-13-15-6-8-18(9-7-15)39(36,37)35-10-1-2-11-35/h3-9,12H,1-2,10-11,13-14H2,(H2,30,31,32,33,34). The van der Waals surface area contributed by atoms with Crippen LogP contribution in [0.2, 0.25) is 0 Å². The zero-order valence-corrected chi connectivity index (χ0v) is 20.9. The van der Waals surface area contributed by atoms with Crippen molar-refractivity contribution in [3.05, 3.63) is 59.7 Å². The molecule has 0 amide bonds. The van der Waals surface area contributed by atoms with Gasteiger partial charge in [0.25, 0.3) is 0 Å². The maximum Gasteiger partial charge on any atom is 0.422 e. The van der Waals surface area contributed by atoms with Crippen LogP contribution in [0.5, 0.6) is 6.01 Å². The van der Waals surface area contributed by atoms with Crippen LogP contribution in [-0.4, -0.2) is 53.5 Å². The SMILES string of the molecule is O=S(=O)(c1ccc(CNc2nc(Nc3cccc(C(F)(F)F)c3)nc(OCC(F)(F)F)n2)cc1)N1CCCC1. The van der Waals surface area contributed by atoms with Gasteiger partial charge in [0.15, 0.2) is 6.61 Å². The van der Waals surface area contributed by atoms with Gasteiger partial charge in [-0.1, -0.05) is 18.2 Å². The van der Waals surface area contributed by atoms with Crippen LogP contribution >= 0.6 is 0 Å². The maximum atomic E-state index is 13.0. The lowest BCUT2D eigenvalue weighted by Crippen LogP contribution is -2.27. The fourth-order valence-electron chi connectivity index (χ4n) is 3.64. The number of aromatic nitrogens is 3. The fourth-order valence-corrected chi connectivity index (χ4v) is 5.16. The molecular formula is C23H22F6N6O3S. The molecule has 39 heavy (non-hydrogen) atoms. The van der Waals surface area contributed by atoms with E-state index in [0.29, 0.717) is 18.7 Å². The second-order valence-electron chi connectivity index (χ2n) is 8.48. The molecule has 0 aliphatic carbocycles. The molecule has 2 heterocycles. The molecule has 1 fully saturated rings. The van der Waals surface area contributed by atoms with Gasteiger partial charge in [-0.15, -0.1) is 0 Å². The van der Waals surface area contributed by atoms with Crippen LogP contribution < -0.4 is 15.4 Å². The molecule has 3 aromatic rings. The predicted octanol–water partition coefficient (Wildman–Crippen LogP) is 4.97. The average Bonchev–Trinajstić information content (AvgIpc) is 3.42. The molecule has 0 unspecified atom stereocenters. The zero-order valence-electron chi connectivity index (χ0n) is 20.1. The van der Waals surface area contributed by atoms with Crippen molar-refractivity contribution in [2.24, 2.45) is 0 Å². The quantitative estimate of drug-likeness (QED) is 0.344. The zero-order chi connectivity index (χ0) is 28.3. The van der Waals surface area contributed by atoms with Crippen molar-refractivity contribution in [2.75, 3.05) is 30.3 Å². The number of ether oxygens (including phenoxy) is 1. The molecule has 2 aromatic carbocycles. The molecule has 1 aliphatic heterocycles. The Morgan fingerprint density at radius 1 is 0.897 bits per heavy atom. The third-order valence-electron chi connectivity index (χ3n) is 5.50. The summed E-state index contributed by atoms with van der Waals surface area (Å²) in [4.78, 5) is 11.6. The molecule has 1 saturated heterocycles. The summed E-state index contributed by atoms with van der Waals surface area (Å²) in [6.07, 6.45) is -7.71. The van der Waals surface area contributed by atoms with Crippen molar-refractivity contribution in [1.29, 1.82) is 0 Å². The summed E-state index contributed by atoms with van der Waals surface area (Å²) >= 11 is 0. The number of hydrogen-bond donors (Lipinski definition) is 2. The van der Waals surface area contributed by atoms with Crippen LogP contribution in [0.25, 0.3) is 0 Å². The molecule has 1 aromatic heterocycles. The Morgan fingerprint density at radius 3 is 2.21 bits per heavy atom. The Kier molecular flexibility index (Phi) is 8.15. The Morgan fingerprint density at radius 2 is 1.56 bits per heavy atom. The Bertz CT molecular complexity index is 1390. The van der Waals surface area contributed by atoms with E-state index in [2.05, 4.69) is 30.3 Å².